The minimum Gasteiger partial charge on any atom is -0.458 e. The standard InChI is InChI=1S/C16H22BrNO2/c1-12-5-9-18(11-16(12)7-3-2-4-8-16)15(19)14-13(17)6-10-20-14/h6,10,12H,2-5,7-9,11H2,1H3. The fraction of sp³-hybridized carbons (Fsp3) is 0.688. The number of likely N-dealkylation sites (tertiary alicyclic amines) is 1. The zero-order valence-corrected chi connectivity index (χ0v) is 13.6. The van der Waals surface area contributed by atoms with Crippen LogP contribution in [0.5, 0.6) is 0 Å². The van der Waals surface area contributed by atoms with E-state index in [0.29, 0.717) is 11.2 Å². The van der Waals surface area contributed by atoms with Crippen molar-refractivity contribution in [3.63, 3.8) is 0 Å². The number of hydrogen-bond acceptors (Lipinski definition) is 2. The number of hydrogen-bond donors (Lipinski definition) is 0. The minimum absolute atomic E-state index is 0.0405. The summed E-state index contributed by atoms with van der Waals surface area (Å²) in [5.74, 6) is 1.22. The van der Waals surface area contributed by atoms with Crippen LogP contribution in [0.1, 0.15) is 56.0 Å². The van der Waals surface area contributed by atoms with Gasteiger partial charge < -0.3 is 9.32 Å². The van der Waals surface area contributed by atoms with Gasteiger partial charge in [0.25, 0.3) is 5.91 Å². The van der Waals surface area contributed by atoms with E-state index in [0.717, 1.165) is 29.9 Å². The van der Waals surface area contributed by atoms with Gasteiger partial charge in [-0.3, -0.25) is 4.79 Å². The third-order valence-corrected chi connectivity index (χ3v) is 5.96. The molecule has 1 spiro atoms. The van der Waals surface area contributed by atoms with Crippen molar-refractivity contribution in [2.45, 2.75) is 45.4 Å². The van der Waals surface area contributed by atoms with E-state index in [1.54, 1.807) is 12.3 Å². The summed E-state index contributed by atoms with van der Waals surface area (Å²) in [4.78, 5) is 14.6. The smallest absolute Gasteiger partial charge is 0.290 e. The molecule has 20 heavy (non-hydrogen) atoms. The Morgan fingerprint density at radius 3 is 2.80 bits per heavy atom. The van der Waals surface area contributed by atoms with Crippen LogP contribution >= 0.6 is 15.9 Å². The maximum atomic E-state index is 12.6. The fourth-order valence-corrected chi connectivity index (χ4v) is 4.31. The zero-order chi connectivity index (χ0) is 14.2. The Balaban J connectivity index is 1.78. The van der Waals surface area contributed by atoms with Gasteiger partial charge in [0.2, 0.25) is 5.76 Å². The van der Waals surface area contributed by atoms with Crippen molar-refractivity contribution in [1.82, 2.24) is 4.90 Å². The lowest BCUT2D eigenvalue weighted by molar-refractivity contribution is 0.00525. The first-order chi connectivity index (χ1) is 9.62. The number of amides is 1. The van der Waals surface area contributed by atoms with Crippen LogP contribution in [0, 0.1) is 11.3 Å². The third kappa shape index (κ3) is 2.43. The molecule has 2 aliphatic rings. The summed E-state index contributed by atoms with van der Waals surface area (Å²) in [6, 6.07) is 1.79. The molecule has 0 bridgehead atoms. The molecule has 1 unspecified atom stereocenters. The summed E-state index contributed by atoms with van der Waals surface area (Å²) in [7, 11) is 0. The maximum Gasteiger partial charge on any atom is 0.290 e. The van der Waals surface area contributed by atoms with Crippen molar-refractivity contribution in [1.29, 1.82) is 0 Å². The van der Waals surface area contributed by atoms with Crippen molar-refractivity contribution < 1.29 is 9.21 Å². The highest BCUT2D eigenvalue weighted by Crippen LogP contribution is 2.47. The first-order valence-electron chi connectivity index (χ1n) is 7.65. The Morgan fingerprint density at radius 1 is 1.40 bits per heavy atom. The molecule has 1 saturated carbocycles. The van der Waals surface area contributed by atoms with Crippen LogP contribution in [-0.2, 0) is 0 Å². The van der Waals surface area contributed by atoms with E-state index in [4.69, 9.17) is 4.42 Å². The highest BCUT2D eigenvalue weighted by Gasteiger charge is 2.43. The van der Waals surface area contributed by atoms with Gasteiger partial charge in [0, 0.05) is 13.1 Å². The lowest BCUT2D eigenvalue weighted by atomic mass is 9.63. The number of piperidine rings is 1. The first kappa shape index (κ1) is 14.2. The Hall–Kier alpha value is -0.770. The second kappa shape index (κ2) is 5.55. The van der Waals surface area contributed by atoms with E-state index in [1.807, 2.05) is 4.90 Å². The van der Waals surface area contributed by atoms with Gasteiger partial charge in [-0.25, -0.2) is 0 Å². The van der Waals surface area contributed by atoms with Gasteiger partial charge in [0.05, 0.1) is 10.7 Å². The minimum atomic E-state index is 0.0405. The van der Waals surface area contributed by atoms with Crippen molar-refractivity contribution in [3.8, 4) is 0 Å². The number of halogens is 1. The molecule has 2 fully saturated rings. The van der Waals surface area contributed by atoms with Gasteiger partial charge in [-0.2, -0.15) is 0 Å². The average molecular weight is 340 g/mol. The van der Waals surface area contributed by atoms with Crippen LogP contribution in [0.15, 0.2) is 21.2 Å². The quantitative estimate of drug-likeness (QED) is 0.755. The maximum absolute atomic E-state index is 12.6. The summed E-state index contributed by atoms with van der Waals surface area (Å²) in [5.41, 5.74) is 0.352. The highest BCUT2D eigenvalue weighted by atomic mass is 79.9. The van der Waals surface area contributed by atoms with Gasteiger partial charge in [0.1, 0.15) is 0 Å². The summed E-state index contributed by atoms with van der Waals surface area (Å²) < 4.78 is 6.11. The number of carbonyl (C=O) groups is 1. The molecule has 3 nitrogen and oxygen atoms in total. The predicted molar refractivity (Wildman–Crippen MR) is 81.6 cm³/mol. The molecule has 1 aromatic rings. The summed E-state index contributed by atoms with van der Waals surface area (Å²) >= 11 is 3.39. The third-order valence-electron chi connectivity index (χ3n) is 5.33. The molecule has 110 valence electrons. The number of rotatable bonds is 1. The van der Waals surface area contributed by atoms with Crippen molar-refractivity contribution >= 4 is 21.8 Å². The van der Waals surface area contributed by atoms with E-state index in [9.17, 15) is 4.79 Å². The Kier molecular flexibility index (Phi) is 3.93. The van der Waals surface area contributed by atoms with Crippen LogP contribution in [0.2, 0.25) is 0 Å². The van der Waals surface area contributed by atoms with Crippen LogP contribution in [0.3, 0.4) is 0 Å². The van der Waals surface area contributed by atoms with Crippen LogP contribution in [0.4, 0.5) is 0 Å². The molecule has 2 heterocycles. The molecule has 0 aromatic carbocycles. The van der Waals surface area contributed by atoms with Crippen molar-refractivity contribution in [3.05, 3.63) is 22.6 Å². The molecule has 1 atom stereocenters. The summed E-state index contributed by atoms with van der Waals surface area (Å²) in [6.45, 7) is 4.13. The fourth-order valence-electron chi connectivity index (χ4n) is 3.94. The van der Waals surface area contributed by atoms with E-state index < -0.39 is 0 Å². The Morgan fingerprint density at radius 2 is 2.15 bits per heavy atom. The molecule has 4 heteroatoms. The van der Waals surface area contributed by atoms with Gasteiger partial charge in [0.15, 0.2) is 0 Å². The molecule has 3 rings (SSSR count). The Bertz CT molecular complexity index is 490. The van der Waals surface area contributed by atoms with Crippen molar-refractivity contribution in [2.75, 3.05) is 13.1 Å². The van der Waals surface area contributed by atoms with Gasteiger partial charge in [-0.05, 0) is 52.6 Å². The molecular formula is C16H22BrNO2. The van der Waals surface area contributed by atoms with E-state index in [1.165, 1.54) is 32.1 Å². The molecule has 0 radical (unpaired) electrons. The average Bonchev–Trinajstić information content (AvgIpc) is 2.88. The first-order valence-corrected chi connectivity index (χ1v) is 8.44. The van der Waals surface area contributed by atoms with Gasteiger partial charge in [-0.1, -0.05) is 26.2 Å². The molecule has 1 aromatic heterocycles. The SMILES string of the molecule is CC1CCN(C(=O)c2occc2Br)CC12CCCCC2. The van der Waals surface area contributed by atoms with E-state index in [-0.39, 0.29) is 5.91 Å². The van der Waals surface area contributed by atoms with Crippen LogP contribution < -0.4 is 0 Å². The zero-order valence-electron chi connectivity index (χ0n) is 12.0. The molecule has 1 aliphatic carbocycles. The second-order valence-electron chi connectivity index (χ2n) is 6.44. The molecule has 0 N–H and O–H groups in total. The highest BCUT2D eigenvalue weighted by molar-refractivity contribution is 9.10. The Labute approximate surface area is 128 Å². The summed E-state index contributed by atoms with van der Waals surface area (Å²) in [6.07, 6.45) is 9.22. The molecule has 1 amide bonds. The van der Waals surface area contributed by atoms with E-state index >= 15 is 0 Å². The molecule has 1 saturated heterocycles. The molecule has 1 aliphatic heterocycles. The summed E-state index contributed by atoms with van der Waals surface area (Å²) in [5, 5.41) is 0. The van der Waals surface area contributed by atoms with Crippen LogP contribution in [-0.4, -0.2) is 23.9 Å². The van der Waals surface area contributed by atoms with Crippen LogP contribution in [0.25, 0.3) is 0 Å². The largest absolute Gasteiger partial charge is 0.458 e. The van der Waals surface area contributed by atoms with Crippen molar-refractivity contribution in [2.24, 2.45) is 11.3 Å². The lowest BCUT2D eigenvalue weighted by Gasteiger charge is -2.49. The normalized spacial score (nSPS) is 25.9. The second-order valence-corrected chi connectivity index (χ2v) is 7.29. The number of carbonyl (C=O) groups excluding carboxylic acids is 1. The van der Waals surface area contributed by atoms with Gasteiger partial charge >= 0.3 is 0 Å². The molecular weight excluding hydrogens is 318 g/mol. The topological polar surface area (TPSA) is 33.5 Å². The lowest BCUT2D eigenvalue weighted by Crippen LogP contribution is -2.51. The number of nitrogens with zero attached hydrogens (tertiary/aromatic N) is 1. The predicted octanol–water partition coefficient (Wildman–Crippen LogP) is 4.47. The number of furan rings is 1. The monoisotopic (exact) mass is 339 g/mol. The van der Waals surface area contributed by atoms with Gasteiger partial charge in [-0.15, -0.1) is 0 Å². The van der Waals surface area contributed by atoms with E-state index in [2.05, 4.69) is 22.9 Å².